The molecule has 1 heterocycles. The number of hydrogen-bond acceptors (Lipinski definition) is 3. The number of nitrogens with zero attached hydrogens (tertiary/aromatic N) is 1. The predicted molar refractivity (Wildman–Crippen MR) is 90.8 cm³/mol. The number of halogens is 1. The maximum absolute atomic E-state index is 12.6. The van der Waals surface area contributed by atoms with E-state index in [9.17, 15) is 13.2 Å². The zero-order chi connectivity index (χ0) is 17.0. The molecule has 0 aliphatic carbocycles. The van der Waals surface area contributed by atoms with Crippen LogP contribution in [0.4, 0.5) is 0 Å². The zero-order valence-electron chi connectivity index (χ0n) is 13.5. The summed E-state index contributed by atoms with van der Waals surface area (Å²) in [6.45, 7) is 5.32. The standard InChI is InChI=1S/C16H23ClN2O3S/c1-12(2)11-14(16(20)19-9-5-6-10-19)18-23(21,22)15-8-4-3-7-13(15)17/h3-4,7-8,12,14,18H,5-6,9-11H2,1-2H3/t14-/m1/s1. The molecule has 1 atom stereocenters. The molecule has 1 fully saturated rings. The first-order chi connectivity index (χ1) is 10.8. The molecule has 0 spiro atoms. The number of amides is 1. The van der Waals surface area contributed by atoms with E-state index >= 15 is 0 Å². The molecule has 0 saturated carbocycles. The van der Waals surface area contributed by atoms with Gasteiger partial charge in [0, 0.05) is 13.1 Å². The summed E-state index contributed by atoms with van der Waals surface area (Å²) >= 11 is 5.99. The maximum atomic E-state index is 12.6. The van der Waals surface area contributed by atoms with Crippen molar-refractivity contribution in [1.82, 2.24) is 9.62 Å². The van der Waals surface area contributed by atoms with Gasteiger partial charge in [-0.15, -0.1) is 0 Å². The number of rotatable bonds is 6. The van der Waals surface area contributed by atoms with Crippen LogP contribution in [0.15, 0.2) is 29.2 Å². The highest BCUT2D eigenvalue weighted by atomic mass is 35.5. The SMILES string of the molecule is CC(C)C[C@@H](NS(=O)(=O)c1ccccc1Cl)C(=O)N1CCCC1. The molecule has 5 nitrogen and oxygen atoms in total. The Morgan fingerprint density at radius 2 is 1.87 bits per heavy atom. The van der Waals surface area contributed by atoms with Crippen molar-refractivity contribution in [2.45, 2.75) is 44.0 Å². The third-order valence-corrected chi connectivity index (χ3v) is 5.82. The predicted octanol–water partition coefficient (Wildman–Crippen LogP) is 2.66. The Hall–Kier alpha value is -1.11. The Morgan fingerprint density at radius 1 is 1.26 bits per heavy atom. The number of carbonyl (C=O) groups excluding carboxylic acids is 1. The van der Waals surface area contributed by atoms with E-state index in [1.807, 2.05) is 13.8 Å². The van der Waals surface area contributed by atoms with E-state index in [0.29, 0.717) is 19.5 Å². The smallest absolute Gasteiger partial charge is 0.242 e. The molecule has 0 unspecified atom stereocenters. The lowest BCUT2D eigenvalue weighted by Gasteiger charge is -2.25. The molecule has 1 N–H and O–H groups in total. The average molecular weight is 359 g/mol. The van der Waals surface area contributed by atoms with Gasteiger partial charge in [0.15, 0.2) is 0 Å². The van der Waals surface area contributed by atoms with Crippen molar-refractivity contribution in [2.75, 3.05) is 13.1 Å². The van der Waals surface area contributed by atoms with Crippen LogP contribution in [-0.2, 0) is 14.8 Å². The fourth-order valence-corrected chi connectivity index (χ4v) is 4.46. The molecular formula is C16H23ClN2O3S. The summed E-state index contributed by atoms with van der Waals surface area (Å²) in [4.78, 5) is 14.4. The summed E-state index contributed by atoms with van der Waals surface area (Å²) in [6.07, 6.45) is 2.40. The highest BCUT2D eigenvalue weighted by Crippen LogP contribution is 2.22. The third kappa shape index (κ3) is 4.68. The highest BCUT2D eigenvalue weighted by molar-refractivity contribution is 7.89. The fourth-order valence-electron chi connectivity index (χ4n) is 2.74. The van der Waals surface area contributed by atoms with Crippen LogP contribution < -0.4 is 4.72 Å². The third-order valence-electron chi connectivity index (χ3n) is 3.85. The van der Waals surface area contributed by atoms with Crippen molar-refractivity contribution < 1.29 is 13.2 Å². The minimum absolute atomic E-state index is 0.00430. The van der Waals surface area contributed by atoms with Crippen LogP contribution in [0.25, 0.3) is 0 Å². The van der Waals surface area contributed by atoms with Crippen LogP contribution in [0.5, 0.6) is 0 Å². The summed E-state index contributed by atoms with van der Waals surface area (Å²) in [5, 5.41) is 0.150. The largest absolute Gasteiger partial charge is 0.341 e. The van der Waals surface area contributed by atoms with Gasteiger partial charge in [0.05, 0.1) is 5.02 Å². The van der Waals surface area contributed by atoms with Crippen LogP contribution in [-0.4, -0.2) is 38.4 Å². The lowest BCUT2D eigenvalue weighted by molar-refractivity contribution is -0.132. The van der Waals surface area contributed by atoms with Crippen molar-refractivity contribution >= 4 is 27.5 Å². The van der Waals surface area contributed by atoms with Crippen LogP contribution in [0.3, 0.4) is 0 Å². The van der Waals surface area contributed by atoms with E-state index in [4.69, 9.17) is 11.6 Å². The second kappa shape index (κ2) is 7.64. The molecular weight excluding hydrogens is 336 g/mol. The van der Waals surface area contributed by atoms with Crippen molar-refractivity contribution in [3.05, 3.63) is 29.3 Å². The van der Waals surface area contributed by atoms with Gasteiger partial charge >= 0.3 is 0 Å². The minimum atomic E-state index is -3.84. The van der Waals surface area contributed by atoms with Crippen molar-refractivity contribution in [3.8, 4) is 0 Å². The average Bonchev–Trinajstić information content (AvgIpc) is 2.99. The Balaban J connectivity index is 2.22. The first-order valence-corrected chi connectivity index (χ1v) is 9.73. The molecule has 23 heavy (non-hydrogen) atoms. The molecule has 128 valence electrons. The van der Waals surface area contributed by atoms with Crippen LogP contribution in [0.2, 0.25) is 5.02 Å². The van der Waals surface area contributed by atoms with Crippen LogP contribution >= 0.6 is 11.6 Å². The Morgan fingerprint density at radius 3 is 2.43 bits per heavy atom. The summed E-state index contributed by atoms with van der Waals surface area (Å²) < 4.78 is 27.8. The van der Waals surface area contributed by atoms with Crippen LogP contribution in [0, 0.1) is 5.92 Å². The van der Waals surface area contributed by atoms with E-state index in [0.717, 1.165) is 12.8 Å². The lowest BCUT2D eigenvalue weighted by atomic mass is 10.0. The van der Waals surface area contributed by atoms with Crippen LogP contribution in [0.1, 0.15) is 33.1 Å². The van der Waals surface area contributed by atoms with Crippen molar-refractivity contribution in [1.29, 1.82) is 0 Å². The van der Waals surface area contributed by atoms with Gasteiger partial charge in [-0.2, -0.15) is 4.72 Å². The van der Waals surface area contributed by atoms with Gasteiger partial charge in [-0.25, -0.2) is 8.42 Å². The van der Waals surface area contributed by atoms with E-state index in [1.54, 1.807) is 17.0 Å². The van der Waals surface area contributed by atoms with Crippen molar-refractivity contribution in [2.24, 2.45) is 5.92 Å². The van der Waals surface area contributed by atoms with Gasteiger partial charge in [0.1, 0.15) is 10.9 Å². The Kier molecular flexibility index (Phi) is 6.06. The number of benzene rings is 1. The molecule has 7 heteroatoms. The van der Waals surface area contributed by atoms with Gasteiger partial charge in [0.2, 0.25) is 15.9 Å². The van der Waals surface area contributed by atoms with Gasteiger partial charge in [-0.1, -0.05) is 37.6 Å². The first-order valence-electron chi connectivity index (χ1n) is 7.87. The lowest BCUT2D eigenvalue weighted by Crippen LogP contribution is -2.48. The molecule has 1 aliphatic heterocycles. The molecule has 0 bridgehead atoms. The van der Waals surface area contributed by atoms with Crippen molar-refractivity contribution in [3.63, 3.8) is 0 Å². The summed E-state index contributed by atoms with van der Waals surface area (Å²) in [5.41, 5.74) is 0. The normalized spacial score (nSPS) is 16.8. The molecule has 2 rings (SSSR count). The molecule has 1 amide bonds. The maximum Gasteiger partial charge on any atom is 0.242 e. The van der Waals surface area contributed by atoms with Gasteiger partial charge in [-0.05, 0) is 37.3 Å². The summed E-state index contributed by atoms with van der Waals surface area (Å²) in [7, 11) is -3.84. The van der Waals surface area contributed by atoms with E-state index in [-0.39, 0.29) is 21.7 Å². The highest BCUT2D eigenvalue weighted by Gasteiger charge is 2.31. The molecule has 1 aromatic carbocycles. The van der Waals surface area contributed by atoms with Gasteiger partial charge in [-0.3, -0.25) is 4.79 Å². The molecule has 1 aliphatic rings. The quantitative estimate of drug-likeness (QED) is 0.850. The van der Waals surface area contributed by atoms with E-state index < -0.39 is 16.1 Å². The number of carbonyl (C=O) groups is 1. The van der Waals surface area contributed by atoms with Gasteiger partial charge in [0.25, 0.3) is 0 Å². The van der Waals surface area contributed by atoms with E-state index in [2.05, 4.69) is 4.72 Å². The molecule has 0 radical (unpaired) electrons. The summed E-state index contributed by atoms with van der Waals surface area (Å²) in [6, 6.07) is 5.49. The number of sulfonamides is 1. The van der Waals surface area contributed by atoms with E-state index in [1.165, 1.54) is 12.1 Å². The second-order valence-electron chi connectivity index (χ2n) is 6.27. The molecule has 0 aromatic heterocycles. The topological polar surface area (TPSA) is 66.5 Å². The zero-order valence-corrected chi connectivity index (χ0v) is 15.0. The Labute approximate surface area is 143 Å². The minimum Gasteiger partial charge on any atom is -0.341 e. The first kappa shape index (κ1) is 18.2. The monoisotopic (exact) mass is 358 g/mol. The summed E-state index contributed by atoms with van der Waals surface area (Å²) in [5.74, 6) is 0.0485. The number of hydrogen-bond donors (Lipinski definition) is 1. The number of nitrogens with one attached hydrogen (secondary N) is 1. The number of likely N-dealkylation sites (tertiary alicyclic amines) is 1. The molecule has 1 aromatic rings. The van der Waals surface area contributed by atoms with Gasteiger partial charge < -0.3 is 4.90 Å². The Bertz CT molecular complexity index is 655. The second-order valence-corrected chi connectivity index (χ2v) is 8.36. The molecule has 1 saturated heterocycles. The fraction of sp³-hybridized carbons (Fsp3) is 0.562.